The molecule has 1 aromatic carbocycles. The Labute approximate surface area is 172 Å². The molecule has 0 fully saturated rings. The van der Waals surface area contributed by atoms with Crippen molar-refractivity contribution >= 4 is 16.7 Å². The van der Waals surface area contributed by atoms with Gasteiger partial charge >= 0.3 is 0 Å². The normalized spacial score (nSPS) is 11.8. The molecule has 4 rings (SSSR count). The van der Waals surface area contributed by atoms with Crippen LogP contribution in [0.2, 0.25) is 0 Å². The number of nitrogens with zero attached hydrogens (tertiary/aromatic N) is 4. The van der Waals surface area contributed by atoms with Gasteiger partial charge in [0.1, 0.15) is 12.4 Å². The van der Waals surface area contributed by atoms with E-state index in [1.165, 1.54) is 27.9 Å². The number of aryl methyl sites for hydroxylation is 6. The highest BCUT2D eigenvalue weighted by molar-refractivity contribution is 5.90. The molecule has 0 aliphatic rings. The van der Waals surface area contributed by atoms with Gasteiger partial charge in [-0.2, -0.15) is 9.61 Å². The Bertz CT molecular complexity index is 1210. The summed E-state index contributed by atoms with van der Waals surface area (Å²) in [5, 5.41) is 6.10. The highest BCUT2D eigenvalue weighted by Crippen LogP contribution is 2.35. The summed E-state index contributed by atoms with van der Waals surface area (Å²) in [4.78, 5) is 5.03. The van der Waals surface area contributed by atoms with Gasteiger partial charge in [-0.05, 0) is 63.8 Å². The van der Waals surface area contributed by atoms with Crippen LogP contribution >= 0.6 is 0 Å². The van der Waals surface area contributed by atoms with Crippen LogP contribution in [-0.4, -0.2) is 26.3 Å². The number of aromatic nitrogens is 4. The quantitative estimate of drug-likeness (QED) is 0.455. The minimum absolute atomic E-state index is 0.508. The maximum absolute atomic E-state index is 5.54. The van der Waals surface area contributed by atoms with Crippen molar-refractivity contribution in [2.24, 2.45) is 0 Å². The monoisotopic (exact) mass is 390 g/mol. The standard InChI is InChI=1S/C24H30N4O/c1-8-9-19-12-20-17(5)25-23-22(21-15(3)10-14(2)11-16(21)4)18(6)26-28(23)24(20)27(19)13-29-7/h10-12H,8-9,13H2,1-7H3. The Morgan fingerprint density at radius 3 is 2.24 bits per heavy atom. The molecule has 0 N–H and O–H groups in total. The van der Waals surface area contributed by atoms with Crippen molar-refractivity contribution in [2.45, 2.75) is 61.1 Å². The molecular weight excluding hydrogens is 360 g/mol. The third-order valence-electron chi connectivity index (χ3n) is 5.75. The summed E-state index contributed by atoms with van der Waals surface area (Å²) < 4.78 is 9.80. The number of ether oxygens (including phenoxy) is 1. The van der Waals surface area contributed by atoms with E-state index in [4.69, 9.17) is 14.8 Å². The Morgan fingerprint density at radius 2 is 1.62 bits per heavy atom. The molecule has 0 radical (unpaired) electrons. The van der Waals surface area contributed by atoms with Crippen molar-refractivity contribution < 1.29 is 4.74 Å². The van der Waals surface area contributed by atoms with Gasteiger partial charge in [0.2, 0.25) is 0 Å². The second-order valence-electron chi connectivity index (χ2n) is 8.14. The number of methoxy groups -OCH3 is 1. The average Bonchev–Trinajstić information content (AvgIpc) is 3.15. The lowest BCUT2D eigenvalue weighted by Crippen LogP contribution is -2.08. The SMILES string of the molecule is CCCc1cc2c(C)nc3c(-c4c(C)cc(C)cc4C)c(C)nn3c2n1COC. The highest BCUT2D eigenvalue weighted by atomic mass is 16.5. The Morgan fingerprint density at radius 1 is 0.931 bits per heavy atom. The number of rotatable bonds is 5. The predicted molar refractivity (Wildman–Crippen MR) is 119 cm³/mol. The molecule has 4 aromatic rings. The van der Waals surface area contributed by atoms with Gasteiger partial charge in [0.25, 0.3) is 0 Å². The zero-order chi connectivity index (χ0) is 20.9. The Kier molecular flexibility index (Phi) is 4.95. The van der Waals surface area contributed by atoms with E-state index in [0.29, 0.717) is 6.73 Å². The van der Waals surface area contributed by atoms with Crippen LogP contribution in [0.15, 0.2) is 18.2 Å². The van der Waals surface area contributed by atoms with Crippen molar-refractivity contribution in [2.75, 3.05) is 7.11 Å². The summed E-state index contributed by atoms with van der Waals surface area (Å²) in [6.45, 7) is 13.4. The first kappa shape index (κ1) is 19.6. The summed E-state index contributed by atoms with van der Waals surface area (Å²) in [7, 11) is 1.74. The molecule has 0 amide bonds. The minimum atomic E-state index is 0.508. The van der Waals surface area contributed by atoms with Crippen molar-refractivity contribution in [3.05, 3.63) is 52.0 Å². The molecule has 152 valence electrons. The topological polar surface area (TPSA) is 44.4 Å². The van der Waals surface area contributed by atoms with E-state index in [9.17, 15) is 0 Å². The molecule has 3 heterocycles. The Balaban J connectivity index is 2.12. The van der Waals surface area contributed by atoms with E-state index in [1.807, 2.05) is 4.52 Å². The van der Waals surface area contributed by atoms with Gasteiger partial charge in [-0.25, -0.2) is 4.98 Å². The second-order valence-corrected chi connectivity index (χ2v) is 8.14. The highest BCUT2D eigenvalue weighted by Gasteiger charge is 2.22. The van der Waals surface area contributed by atoms with Crippen LogP contribution in [0, 0.1) is 34.6 Å². The first-order valence-electron chi connectivity index (χ1n) is 10.3. The van der Waals surface area contributed by atoms with Gasteiger partial charge in [0.15, 0.2) is 5.65 Å². The van der Waals surface area contributed by atoms with Gasteiger partial charge in [0, 0.05) is 18.2 Å². The second kappa shape index (κ2) is 7.30. The van der Waals surface area contributed by atoms with Crippen molar-refractivity contribution in [1.82, 2.24) is 19.2 Å². The molecular formula is C24H30N4O. The van der Waals surface area contributed by atoms with Crippen molar-refractivity contribution in [3.63, 3.8) is 0 Å². The lowest BCUT2D eigenvalue weighted by atomic mass is 9.94. The molecule has 0 saturated heterocycles. The Hall–Kier alpha value is -2.66. The zero-order valence-electron chi connectivity index (χ0n) is 18.6. The van der Waals surface area contributed by atoms with Crippen LogP contribution in [0.1, 0.15) is 47.1 Å². The number of fused-ring (bicyclic) bond motifs is 3. The molecule has 0 atom stereocenters. The summed E-state index contributed by atoms with van der Waals surface area (Å²) in [6, 6.07) is 6.73. The minimum Gasteiger partial charge on any atom is -0.364 e. The van der Waals surface area contributed by atoms with Crippen molar-refractivity contribution in [3.8, 4) is 11.1 Å². The van der Waals surface area contributed by atoms with E-state index < -0.39 is 0 Å². The largest absolute Gasteiger partial charge is 0.364 e. The summed E-state index contributed by atoms with van der Waals surface area (Å²) in [6.07, 6.45) is 2.09. The fourth-order valence-corrected chi connectivity index (χ4v) is 4.67. The molecule has 5 heteroatoms. The van der Waals surface area contributed by atoms with Gasteiger partial charge in [-0.1, -0.05) is 31.0 Å². The first-order chi connectivity index (χ1) is 13.9. The number of hydrogen-bond acceptors (Lipinski definition) is 3. The van der Waals surface area contributed by atoms with Crippen molar-refractivity contribution in [1.29, 1.82) is 0 Å². The molecule has 0 unspecified atom stereocenters. The zero-order valence-corrected chi connectivity index (χ0v) is 18.6. The molecule has 5 nitrogen and oxygen atoms in total. The van der Waals surface area contributed by atoms with E-state index in [0.717, 1.165) is 46.5 Å². The smallest absolute Gasteiger partial charge is 0.165 e. The third kappa shape index (κ3) is 3.04. The maximum atomic E-state index is 5.54. The number of hydrogen-bond donors (Lipinski definition) is 0. The van der Waals surface area contributed by atoms with Crippen LogP contribution in [0.4, 0.5) is 0 Å². The molecule has 0 aliphatic heterocycles. The first-order valence-corrected chi connectivity index (χ1v) is 10.3. The molecule has 3 aromatic heterocycles. The maximum Gasteiger partial charge on any atom is 0.165 e. The van der Waals surface area contributed by atoms with Gasteiger partial charge in [-0.15, -0.1) is 0 Å². The molecule has 0 aliphatic carbocycles. The fraction of sp³-hybridized carbons (Fsp3) is 0.417. The van der Waals surface area contributed by atoms with Gasteiger partial charge < -0.3 is 9.30 Å². The molecule has 0 spiro atoms. The molecule has 29 heavy (non-hydrogen) atoms. The predicted octanol–water partition coefficient (Wildman–Crippen LogP) is 5.45. The summed E-state index contributed by atoms with van der Waals surface area (Å²) >= 11 is 0. The molecule has 0 saturated carbocycles. The summed E-state index contributed by atoms with van der Waals surface area (Å²) in [5.74, 6) is 0. The average molecular weight is 391 g/mol. The molecule has 0 bridgehead atoms. The van der Waals surface area contributed by atoms with Gasteiger partial charge in [-0.3, -0.25) is 0 Å². The lowest BCUT2D eigenvalue weighted by molar-refractivity contribution is 0.132. The third-order valence-corrected chi connectivity index (χ3v) is 5.75. The lowest BCUT2D eigenvalue weighted by Gasteiger charge is -2.12. The van der Waals surface area contributed by atoms with Crippen LogP contribution in [-0.2, 0) is 17.9 Å². The van der Waals surface area contributed by atoms with E-state index in [1.54, 1.807) is 7.11 Å². The fourth-order valence-electron chi connectivity index (χ4n) is 4.67. The van der Waals surface area contributed by atoms with Crippen LogP contribution < -0.4 is 0 Å². The van der Waals surface area contributed by atoms with E-state index >= 15 is 0 Å². The van der Waals surface area contributed by atoms with Gasteiger partial charge in [0.05, 0.1) is 17.0 Å². The van der Waals surface area contributed by atoms with E-state index in [-0.39, 0.29) is 0 Å². The van der Waals surface area contributed by atoms with Crippen LogP contribution in [0.5, 0.6) is 0 Å². The van der Waals surface area contributed by atoms with Crippen LogP contribution in [0.25, 0.3) is 27.8 Å². The summed E-state index contributed by atoms with van der Waals surface area (Å²) in [5.41, 5.74) is 11.5. The van der Waals surface area contributed by atoms with Crippen LogP contribution in [0.3, 0.4) is 0 Å². The number of benzene rings is 1. The van der Waals surface area contributed by atoms with E-state index in [2.05, 4.69) is 64.3 Å².